The van der Waals surface area contributed by atoms with E-state index < -0.39 is 0 Å². The van der Waals surface area contributed by atoms with Crippen molar-refractivity contribution in [2.75, 3.05) is 12.4 Å². The molecule has 4 nitrogen and oxygen atoms in total. The van der Waals surface area contributed by atoms with E-state index in [4.69, 9.17) is 0 Å². The van der Waals surface area contributed by atoms with E-state index in [1.54, 1.807) is 12.4 Å². The quantitative estimate of drug-likeness (QED) is 0.725. The van der Waals surface area contributed by atoms with Crippen molar-refractivity contribution >= 4 is 5.82 Å². The molecule has 0 unspecified atom stereocenters. The molecule has 0 amide bonds. The van der Waals surface area contributed by atoms with Gasteiger partial charge in [-0.3, -0.25) is 10.1 Å². The standard InChI is InChI=1S/C9H10N4/c1-10-9-6-8(12-13-9)7-2-4-11-5-3-7/h2-6H,1H3,(H2,10,12,13). The summed E-state index contributed by atoms with van der Waals surface area (Å²) in [5.74, 6) is 0.840. The maximum atomic E-state index is 4.05. The molecule has 2 N–H and O–H groups in total. The van der Waals surface area contributed by atoms with Gasteiger partial charge in [-0.15, -0.1) is 0 Å². The molecule has 2 heterocycles. The number of hydrogen-bond acceptors (Lipinski definition) is 3. The summed E-state index contributed by atoms with van der Waals surface area (Å²) in [6.45, 7) is 0. The molecule has 0 saturated heterocycles. The molecular weight excluding hydrogens is 164 g/mol. The fraction of sp³-hybridized carbons (Fsp3) is 0.111. The van der Waals surface area contributed by atoms with Crippen LogP contribution in [0.2, 0.25) is 0 Å². The molecule has 0 spiro atoms. The second kappa shape index (κ2) is 3.26. The van der Waals surface area contributed by atoms with E-state index in [0.29, 0.717) is 0 Å². The van der Waals surface area contributed by atoms with Gasteiger partial charge in [0.05, 0.1) is 5.69 Å². The van der Waals surface area contributed by atoms with Gasteiger partial charge in [-0.25, -0.2) is 0 Å². The zero-order valence-corrected chi connectivity index (χ0v) is 7.28. The second-order valence-electron chi connectivity index (χ2n) is 2.65. The summed E-state index contributed by atoms with van der Waals surface area (Å²) >= 11 is 0. The lowest BCUT2D eigenvalue weighted by molar-refractivity contribution is 1.09. The highest BCUT2D eigenvalue weighted by atomic mass is 15.2. The van der Waals surface area contributed by atoms with E-state index >= 15 is 0 Å². The van der Waals surface area contributed by atoms with E-state index in [1.807, 2.05) is 25.2 Å². The van der Waals surface area contributed by atoms with Crippen molar-refractivity contribution in [2.45, 2.75) is 0 Å². The van der Waals surface area contributed by atoms with Crippen LogP contribution in [0.1, 0.15) is 0 Å². The summed E-state index contributed by atoms with van der Waals surface area (Å²) in [7, 11) is 1.84. The van der Waals surface area contributed by atoms with Crippen LogP contribution in [0.3, 0.4) is 0 Å². The van der Waals surface area contributed by atoms with Gasteiger partial charge >= 0.3 is 0 Å². The number of H-pyrrole nitrogens is 1. The zero-order valence-electron chi connectivity index (χ0n) is 7.28. The van der Waals surface area contributed by atoms with Gasteiger partial charge in [0.15, 0.2) is 0 Å². The first-order chi connectivity index (χ1) is 6.40. The van der Waals surface area contributed by atoms with E-state index in [1.165, 1.54) is 0 Å². The first-order valence-electron chi connectivity index (χ1n) is 4.03. The normalized spacial score (nSPS) is 9.92. The highest BCUT2D eigenvalue weighted by molar-refractivity contribution is 5.61. The van der Waals surface area contributed by atoms with Crippen molar-refractivity contribution in [3.63, 3.8) is 0 Å². The first kappa shape index (κ1) is 7.79. The first-order valence-corrected chi connectivity index (χ1v) is 4.03. The summed E-state index contributed by atoms with van der Waals surface area (Å²) in [5, 5.41) is 9.95. The maximum absolute atomic E-state index is 4.05. The van der Waals surface area contributed by atoms with Gasteiger partial charge in [-0.1, -0.05) is 0 Å². The van der Waals surface area contributed by atoms with Crippen LogP contribution in [-0.4, -0.2) is 22.2 Å². The van der Waals surface area contributed by atoms with Crippen LogP contribution in [0, 0.1) is 0 Å². The number of nitrogens with one attached hydrogen (secondary N) is 2. The zero-order chi connectivity index (χ0) is 9.10. The number of aromatic nitrogens is 3. The van der Waals surface area contributed by atoms with Crippen LogP contribution in [0.25, 0.3) is 11.3 Å². The molecule has 0 saturated carbocycles. The second-order valence-corrected chi connectivity index (χ2v) is 2.65. The van der Waals surface area contributed by atoms with Gasteiger partial charge in [-0.05, 0) is 12.1 Å². The van der Waals surface area contributed by atoms with Crippen LogP contribution in [0.5, 0.6) is 0 Å². The van der Waals surface area contributed by atoms with Gasteiger partial charge in [0.25, 0.3) is 0 Å². The lowest BCUT2D eigenvalue weighted by Crippen LogP contribution is -1.85. The summed E-state index contributed by atoms with van der Waals surface area (Å²) in [6, 6.07) is 5.83. The Kier molecular flexibility index (Phi) is 1.96. The monoisotopic (exact) mass is 174 g/mol. The largest absolute Gasteiger partial charge is 0.372 e. The van der Waals surface area contributed by atoms with E-state index in [2.05, 4.69) is 20.5 Å². The third-order valence-corrected chi connectivity index (χ3v) is 1.83. The van der Waals surface area contributed by atoms with Crippen molar-refractivity contribution in [1.82, 2.24) is 15.2 Å². The predicted molar refractivity (Wildman–Crippen MR) is 51.4 cm³/mol. The number of anilines is 1. The number of aromatic amines is 1. The number of rotatable bonds is 2. The predicted octanol–water partition coefficient (Wildman–Crippen LogP) is 1.51. The molecule has 13 heavy (non-hydrogen) atoms. The Morgan fingerprint density at radius 1 is 1.31 bits per heavy atom. The highest BCUT2D eigenvalue weighted by Gasteiger charge is 2.00. The molecule has 0 bridgehead atoms. The number of hydrogen-bond donors (Lipinski definition) is 2. The average Bonchev–Trinajstić information content (AvgIpc) is 2.67. The summed E-state index contributed by atoms with van der Waals surface area (Å²) in [4.78, 5) is 3.95. The van der Waals surface area contributed by atoms with Crippen LogP contribution in [0.4, 0.5) is 5.82 Å². The van der Waals surface area contributed by atoms with Crippen molar-refractivity contribution in [3.05, 3.63) is 30.6 Å². The maximum Gasteiger partial charge on any atom is 0.148 e. The summed E-state index contributed by atoms with van der Waals surface area (Å²) in [5.41, 5.74) is 2.08. The van der Waals surface area contributed by atoms with E-state index in [9.17, 15) is 0 Å². The van der Waals surface area contributed by atoms with Crippen LogP contribution < -0.4 is 5.32 Å². The fourth-order valence-electron chi connectivity index (χ4n) is 1.13. The van der Waals surface area contributed by atoms with Gasteiger partial charge in [0, 0.05) is 31.1 Å². The molecule has 0 atom stereocenters. The smallest absolute Gasteiger partial charge is 0.148 e. The molecule has 0 aliphatic rings. The Bertz CT molecular complexity index is 380. The molecule has 2 aromatic heterocycles. The van der Waals surface area contributed by atoms with Gasteiger partial charge < -0.3 is 5.32 Å². The van der Waals surface area contributed by atoms with Crippen LogP contribution >= 0.6 is 0 Å². The molecule has 0 fully saturated rings. The lowest BCUT2D eigenvalue weighted by Gasteiger charge is -1.93. The summed E-state index contributed by atoms with van der Waals surface area (Å²) in [6.07, 6.45) is 3.52. The molecule has 0 aliphatic carbocycles. The number of pyridine rings is 1. The van der Waals surface area contributed by atoms with Crippen LogP contribution in [-0.2, 0) is 0 Å². The third-order valence-electron chi connectivity index (χ3n) is 1.83. The van der Waals surface area contributed by atoms with Crippen molar-refractivity contribution in [3.8, 4) is 11.3 Å². The van der Waals surface area contributed by atoms with E-state index in [0.717, 1.165) is 17.1 Å². The molecule has 66 valence electrons. The Hall–Kier alpha value is -1.84. The molecule has 0 radical (unpaired) electrons. The Labute approximate surface area is 76.0 Å². The molecule has 2 rings (SSSR count). The van der Waals surface area contributed by atoms with Crippen molar-refractivity contribution < 1.29 is 0 Å². The molecule has 4 heteroatoms. The van der Waals surface area contributed by atoms with Crippen molar-refractivity contribution in [2.24, 2.45) is 0 Å². The topological polar surface area (TPSA) is 53.6 Å². The molecular formula is C9H10N4. The van der Waals surface area contributed by atoms with Gasteiger partial charge in [0.1, 0.15) is 5.82 Å². The lowest BCUT2D eigenvalue weighted by atomic mass is 10.2. The van der Waals surface area contributed by atoms with Crippen molar-refractivity contribution in [1.29, 1.82) is 0 Å². The summed E-state index contributed by atoms with van der Waals surface area (Å²) < 4.78 is 0. The van der Waals surface area contributed by atoms with E-state index in [-0.39, 0.29) is 0 Å². The fourth-order valence-corrected chi connectivity index (χ4v) is 1.13. The molecule has 2 aromatic rings. The van der Waals surface area contributed by atoms with Gasteiger partial charge in [0.2, 0.25) is 0 Å². The third kappa shape index (κ3) is 1.51. The molecule has 0 aromatic carbocycles. The Balaban J connectivity index is 2.36. The minimum absolute atomic E-state index is 0.840. The molecule has 0 aliphatic heterocycles. The van der Waals surface area contributed by atoms with Gasteiger partial charge in [-0.2, -0.15) is 5.10 Å². The minimum Gasteiger partial charge on any atom is -0.372 e. The Morgan fingerprint density at radius 3 is 2.69 bits per heavy atom. The average molecular weight is 174 g/mol. The van der Waals surface area contributed by atoms with Crippen LogP contribution in [0.15, 0.2) is 30.6 Å². The minimum atomic E-state index is 0.840. The highest BCUT2D eigenvalue weighted by Crippen LogP contribution is 2.17. The Morgan fingerprint density at radius 2 is 2.08 bits per heavy atom. The number of nitrogens with zero attached hydrogens (tertiary/aromatic N) is 2. The SMILES string of the molecule is CNc1cc(-c2ccncc2)[nH]n1.